The molecule has 1 aromatic carbocycles. The molecule has 3 rings (SSSR count). The number of benzene rings is 1. The molecule has 0 saturated heterocycles. The zero-order valence-corrected chi connectivity index (χ0v) is 12.7. The number of carbonyl (C=O) groups is 2. The van der Waals surface area contributed by atoms with Gasteiger partial charge >= 0.3 is 0 Å². The summed E-state index contributed by atoms with van der Waals surface area (Å²) in [6.07, 6.45) is 0. The number of carbonyl (C=O) groups excluding carboxylic acids is 2. The molecule has 0 spiro atoms. The molecule has 1 aliphatic heterocycles. The Labute approximate surface area is 130 Å². The van der Waals surface area contributed by atoms with Gasteiger partial charge in [0.05, 0.1) is 33.5 Å². The SMILES string of the molecule is Cc1noc(C)c1CN1C(=O)C(=O)c2c(Cl)ccc(Cl)c21. The van der Waals surface area contributed by atoms with Gasteiger partial charge in [-0.1, -0.05) is 28.4 Å². The summed E-state index contributed by atoms with van der Waals surface area (Å²) in [5.41, 5.74) is 1.92. The first-order valence-electron chi connectivity index (χ1n) is 6.17. The lowest BCUT2D eigenvalue weighted by Gasteiger charge is -2.17. The molecule has 21 heavy (non-hydrogen) atoms. The van der Waals surface area contributed by atoms with Crippen molar-refractivity contribution in [2.24, 2.45) is 0 Å². The summed E-state index contributed by atoms with van der Waals surface area (Å²) in [6.45, 7) is 3.69. The first-order chi connectivity index (χ1) is 9.91. The van der Waals surface area contributed by atoms with Gasteiger partial charge in [-0.25, -0.2) is 0 Å². The fraction of sp³-hybridized carbons (Fsp3) is 0.214. The number of rotatable bonds is 2. The molecule has 7 heteroatoms. The quantitative estimate of drug-likeness (QED) is 0.795. The maximum absolute atomic E-state index is 12.2. The van der Waals surface area contributed by atoms with Gasteiger partial charge in [0.25, 0.3) is 11.7 Å². The van der Waals surface area contributed by atoms with Crippen molar-refractivity contribution < 1.29 is 14.1 Å². The van der Waals surface area contributed by atoms with Crippen molar-refractivity contribution in [3.8, 4) is 0 Å². The third-order valence-electron chi connectivity index (χ3n) is 3.51. The van der Waals surface area contributed by atoms with Gasteiger partial charge in [0.1, 0.15) is 5.76 Å². The predicted octanol–water partition coefficient (Wildman–Crippen LogP) is 3.33. The van der Waals surface area contributed by atoms with Gasteiger partial charge in [-0.05, 0) is 26.0 Å². The van der Waals surface area contributed by atoms with Gasteiger partial charge in [0.15, 0.2) is 0 Å². The lowest BCUT2D eigenvalue weighted by molar-refractivity contribution is -0.114. The first-order valence-corrected chi connectivity index (χ1v) is 6.93. The number of amides is 1. The Kier molecular flexibility index (Phi) is 3.26. The molecule has 2 heterocycles. The standard InChI is InChI=1S/C14H10Cl2N2O3/c1-6-8(7(2)21-17-6)5-18-12-10(16)4-3-9(15)11(12)13(19)14(18)20/h3-4H,5H2,1-2H3. The second-order valence-corrected chi connectivity index (χ2v) is 5.59. The van der Waals surface area contributed by atoms with Crippen LogP contribution in [0.25, 0.3) is 0 Å². The normalized spacial score (nSPS) is 14.0. The molecular formula is C14H10Cl2N2O3. The number of aromatic nitrogens is 1. The summed E-state index contributed by atoms with van der Waals surface area (Å²) < 4.78 is 5.08. The van der Waals surface area contributed by atoms with Crippen LogP contribution in [0.1, 0.15) is 27.4 Å². The predicted molar refractivity (Wildman–Crippen MR) is 78.0 cm³/mol. The van der Waals surface area contributed by atoms with E-state index in [0.29, 0.717) is 22.2 Å². The molecular weight excluding hydrogens is 315 g/mol. The summed E-state index contributed by atoms with van der Waals surface area (Å²) in [5.74, 6) is -0.705. The van der Waals surface area contributed by atoms with Gasteiger partial charge in [0.2, 0.25) is 0 Å². The van der Waals surface area contributed by atoms with E-state index in [9.17, 15) is 9.59 Å². The van der Waals surface area contributed by atoms with Crippen LogP contribution in [0.15, 0.2) is 16.7 Å². The second kappa shape index (κ2) is 4.86. The second-order valence-electron chi connectivity index (χ2n) is 4.78. The number of Topliss-reactive ketones (excluding diaryl/α,β-unsaturated/α-hetero) is 1. The van der Waals surface area contributed by atoms with Crippen LogP contribution in [0.3, 0.4) is 0 Å². The van der Waals surface area contributed by atoms with E-state index in [-0.39, 0.29) is 17.1 Å². The number of hydrogen-bond acceptors (Lipinski definition) is 4. The van der Waals surface area contributed by atoms with E-state index < -0.39 is 11.7 Å². The molecule has 0 radical (unpaired) electrons. The van der Waals surface area contributed by atoms with Crippen LogP contribution < -0.4 is 4.90 Å². The van der Waals surface area contributed by atoms with Crippen LogP contribution in [0.5, 0.6) is 0 Å². The molecule has 5 nitrogen and oxygen atoms in total. The van der Waals surface area contributed by atoms with Crippen LogP contribution in [0.4, 0.5) is 5.69 Å². The van der Waals surface area contributed by atoms with Gasteiger partial charge in [0, 0.05) is 5.56 Å². The molecule has 0 atom stereocenters. The van der Waals surface area contributed by atoms with Gasteiger partial charge in [-0.2, -0.15) is 0 Å². The molecule has 1 amide bonds. The van der Waals surface area contributed by atoms with Crippen LogP contribution in [-0.4, -0.2) is 16.8 Å². The van der Waals surface area contributed by atoms with E-state index in [1.807, 2.05) is 0 Å². The molecule has 2 aromatic rings. The third kappa shape index (κ3) is 2.04. The zero-order chi connectivity index (χ0) is 15.3. The molecule has 0 saturated carbocycles. The first kappa shape index (κ1) is 14.1. The number of nitrogens with zero attached hydrogens (tertiary/aromatic N) is 2. The molecule has 0 unspecified atom stereocenters. The minimum atomic E-state index is -0.653. The lowest BCUT2D eigenvalue weighted by Crippen LogP contribution is -2.29. The van der Waals surface area contributed by atoms with E-state index in [2.05, 4.69) is 5.16 Å². The highest BCUT2D eigenvalue weighted by atomic mass is 35.5. The number of halogens is 2. The number of anilines is 1. The Balaban J connectivity index is 2.12. The van der Waals surface area contributed by atoms with Crippen molar-refractivity contribution in [3.63, 3.8) is 0 Å². The van der Waals surface area contributed by atoms with Crippen molar-refractivity contribution >= 4 is 40.6 Å². The highest BCUT2D eigenvalue weighted by molar-refractivity contribution is 6.56. The maximum Gasteiger partial charge on any atom is 0.299 e. The van der Waals surface area contributed by atoms with E-state index in [1.165, 1.54) is 11.0 Å². The summed E-state index contributed by atoms with van der Waals surface area (Å²) >= 11 is 12.2. The van der Waals surface area contributed by atoms with E-state index in [0.717, 1.165) is 5.56 Å². The topological polar surface area (TPSA) is 63.4 Å². The number of ketones is 1. The minimum Gasteiger partial charge on any atom is -0.361 e. The van der Waals surface area contributed by atoms with Crippen molar-refractivity contribution in [1.29, 1.82) is 0 Å². The molecule has 0 N–H and O–H groups in total. The Morgan fingerprint density at radius 1 is 1.19 bits per heavy atom. The monoisotopic (exact) mass is 324 g/mol. The Hall–Kier alpha value is -1.85. The molecule has 0 bridgehead atoms. The molecule has 1 aliphatic rings. The Morgan fingerprint density at radius 2 is 1.86 bits per heavy atom. The fourth-order valence-electron chi connectivity index (χ4n) is 2.39. The minimum absolute atomic E-state index is 0.154. The maximum atomic E-state index is 12.2. The number of fused-ring (bicyclic) bond motifs is 1. The van der Waals surface area contributed by atoms with E-state index in [4.69, 9.17) is 27.7 Å². The van der Waals surface area contributed by atoms with Crippen molar-refractivity contribution in [3.05, 3.63) is 44.8 Å². The lowest BCUT2D eigenvalue weighted by atomic mass is 10.1. The van der Waals surface area contributed by atoms with Gasteiger partial charge in [-0.3, -0.25) is 14.5 Å². The molecule has 108 valence electrons. The van der Waals surface area contributed by atoms with Crippen molar-refractivity contribution in [2.75, 3.05) is 4.90 Å². The average molecular weight is 325 g/mol. The average Bonchev–Trinajstić information content (AvgIpc) is 2.89. The zero-order valence-electron chi connectivity index (χ0n) is 11.2. The summed E-state index contributed by atoms with van der Waals surface area (Å²) in [5, 5.41) is 4.36. The summed E-state index contributed by atoms with van der Waals surface area (Å²) in [7, 11) is 0. The van der Waals surface area contributed by atoms with Crippen molar-refractivity contribution in [2.45, 2.75) is 20.4 Å². The molecule has 0 aliphatic carbocycles. The smallest absolute Gasteiger partial charge is 0.299 e. The fourth-order valence-corrected chi connectivity index (χ4v) is 2.89. The summed E-state index contributed by atoms with van der Waals surface area (Å²) in [6, 6.07) is 3.07. The highest BCUT2D eigenvalue weighted by Gasteiger charge is 2.39. The number of aryl methyl sites for hydroxylation is 2. The van der Waals surface area contributed by atoms with Crippen molar-refractivity contribution in [1.82, 2.24) is 5.16 Å². The number of hydrogen-bond donors (Lipinski definition) is 0. The Morgan fingerprint density at radius 3 is 2.48 bits per heavy atom. The van der Waals surface area contributed by atoms with Crippen LogP contribution in [0.2, 0.25) is 10.0 Å². The largest absolute Gasteiger partial charge is 0.361 e. The third-order valence-corrected chi connectivity index (χ3v) is 4.13. The van der Waals surface area contributed by atoms with Gasteiger partial charge < -0.3 is 4.52 Å². The van der Waals surface area contributed by atoms with Crippen LogP contribution in [0, 0.1) is 13.8 Å². The van der Waals surface area contributed by atoms with Crippen LogP contribution in [-0.2, 0) is 11.3 Å². The van der Waals surface area contributed by atoms with Gasteiger partial charge in [-0.15, -0.1) is 0 Å². The summed E-state index contributed by atoms with van der Waals surface area (Å²) in [4.78, 5) is 25.6. The van der Waals surface area contributed by atoms with E-state index in [1.54, 1.807) is 19.9 Å². The molecule has 0 fully saturated rings. The Bertz CT molecular complexity index is 763. The van der Waals surface area contributed by atoms with E-state index >= 15 is 0 Å². The molecule has 1 aromatic heterocycles. The van der Waals surface area contributed by atoms with Crippen LogP contribution >= 0.6 is 23.2 Å². The highest BCUT2D eigenvalue weighted by Crippen LogP contribution is 2.41.